The predicted molar refractivity (Wildman–Crippen MR) is 71.8 cm³/mol. The molecule has 0 aliphatic carbocycles. The van der Waals surface area contributed by atoms with Crippen molar-refractivity contribution in [2.45, 2.75) is 13.8 Å². The summed E-state index contributed by atoms with van der Waals surface area (Å²) in [5, 5.41) is 12.2. The van der Waals surface area contributed by atoms with Crippen LogP contribution < -0.4 is 5.32 Å². The zero-order valence-corrected chi connectivity index (χ0v) is 11.3. The van der Waals surface area contributed by atoms with E-state index in [1.807, 2.05) is 0 Å². The average Bonchev–Trinajstić information content (AvgIpc) is 2.44. The maximum atomic E-state index is 13.1. The number of hydrogen-bond donors (Lipinski definition) is 2. The first kappa shape index (κ1) is 14.9. The van der Waals surface area contributed by atoms with Crippen molar-refractivity contribution >= 4 is 11.6 Å². The molecule has 0 saturated heterocycles. The fourth-order valence-corrected chi connectivity index (χ4v) is 1.85. The maximum absolute atomic E-state index is 13.1. The molecule has 2 aromatic rings. The third kappa shape index (κ3) is 2.84. The van der Waals surface area contributed by atoms with Crippen LogP contribution in [-0.2, 0) is 0 Å². The molecule has 21 heavy (non-hydrogen) atoms. The molecule has 2 N–H and O–H groups in total. The lowest BCUT2D eigenvalue weighted by Crippen LogP contribution is -2.14. The van der Waals surface area contributed by atoms with Crippen LogP contribution in [0.15, 0.2) is 24.3 Å². The average molecular weight is 295 g/mol. The van der Waals surface area contributed by atoms with E-state index in [2.05, 4.69) is 5.32 Å². The van der Waals surface area contributed by atoms with Gasteiger partial charge in [0.1, 0.15) is 5.75 Å². The van der Waals surface area contributed by atoms with Gasteiger partial charge in [0, 0.05) is 16.8 Å². The normalized spacial score (nSPS) is 10.5. The molecule has 0 radical (unpaired) electrons. The zero-order valence-electron chi connectivity index (χ0n) is 11.3. The number of hydrogen-bond acceptors (Lipinski definition) is 2. The van der Waals surface area contributed by atoms with E-state index in [1.165, 1.54) is 0 Å². The molecular weight excluding hydrogens is 283 g/mol. The Hall–Kier alpha value is -2.50. The molecule has 2 aromatic carbocycles. The Bertz CT molecular complexity index is 706. The van der Waals surface area contributed by atoms with E-state index in [4.69, 9.17) is 0 Å². The minimum absolute atomic E-state index is 0.0178. The summed E-state index contributed by atoms with van der Waals surface area (Å²) >= 11 is 0. The molecule has 0 aliphatic rings. The van der Waals surface area contributed by atoms with Crippen LogP contribution in [0.1, 0.15) is 21.5 Å². The number of anilines is 1. The number of phenolic OH excluding ortho intramolecular Hbond substituents is 1. The molecule has 6 heteroatoms. The van der Waals surface area contributed by atoms with Crippen LogP contribution >= 0.6 is 0 Å². The first-order chi connectivity index (χ1) is 9.81. The van der Waals surface area contributed by atoms with Crippen LogP contribution in [0.2, 0.25) is 0 Å². The maximum Gasteiger partial charge on any atom is 0.255 e. The topological polar surface area (TPSA) is 49.3 Å². The van der Waals surface area contributed by atoms with Crippen LogP contribution in [0.4, 0.5) is 18.9 Å². The molecule has 0 saturated carbocycles. The van der Waals surface area contributed by atoms with E-state index in [1.54, 1.807) is 26.0 Å². The second-order valence-electron chi connectivity index (χ2n) is 4.61. The second-order valence-corrected chi connectivity index (χ2v) is 4.61. The summed E-state index contributed by atoms with van der Waals surface area (Å²) in [5.74, 6) is -5.30. The molecule has 0 bridgehead atoms. The highest BCUT2D eigenvalue weighted by Gasteiger charge is 2.16. The van der Waals surface area contributed by atoms with Crippen molar-refractivity contribution in [3.63, 3.8) is 0 Å². The van der Waals surface area contributed by atoms with E-state index >= 15 is 0 Å². The van der Waals surface area contributed by atoms with E-state index in [-0.39, 0.29) is 11.3 Å². The van der Waals surface area contributed by atoms with Crippen LogP contribution in [0, 0.1) is 31.3 Å². The van der Waals surface area contributed by atoms with Gasteiger partial charge < -0.3 is 10.4 Å². The van der Waals surface area contributed by atoms with Gasteiger partial charge in [-0.1, -0.05) is 6.07 Å². The van der Waals surface area contributed by atoms with E-state index in [0.717, 1.165) is 0 Å². The summed E-state index contributed by atoms with van der Waals surface area (Å²) in [6, 6.07) is 4.36. The highest BCUT2D eigenvalue weighted by atomic mass is 19.2. The first-order valence-corrected chi connectivity index (χ1v) is 6.06. The Balaban J connectivity index is 2.33. The van der Waals surface area contributed by atoms with Crippen molar-refractivity contribution in [3.05, 3.63) is 58.4 Å². The number of nitrogens with one attached hydrogen (secondary N) is 1. The van der Waals surface area contributed by atoms with Crippen molar-refractivity contribution in [3.8, 4) is 5.75 Å². The Morgan fingerprint density at radius 3 is 2.24 bits per heavy atom. The number of amides is 1. The lowest BCUT2D eigenvalue weighted by molar-refractivity contribution is 0.102. The molecule has 1 amide bonds. The van der Waals surface area contributed by atoms with Crippen LogP contribution in [-0.4, -0.2) is 11.0 Å². The van der Waals surface area contributed by atoms with Gasteiger partial charge in [-0.25, -0.2) is 13.2 Å². The SMILES string of the molecule is Cc1ccc(NC(=O)c2cc(F)c(F)c(F)c2)c(C)c1O. The van der Waals surface area contributed by atoms with Gasteiger partial charge in [-0.2, -0.15) is 0 Å². The van der Waals surface area contributed by atoms with Gasteiger partial charge in [-0.15, -0.1) is 0 Å². The standard InChI is InChI=1S/C15H12F3NO2/c1-7-3-4-12(8(2)14(7)20)19-15(21)9-5-10(16)13(18)11(17)6-9/h3-6,20H,1-2H3,(H,19,21). The van der Waals surface area contributed by atoms with Gasteiger partial charge in [-0.05, 0) is 37.6 Å². The highest BCUT2D eigenvalue weighted by molar-refractivity contribution is 6.04. The molecule has 2 rings (SSSR count). The van der Waals surface area contributed by atoms with Crippen molar-refractivity contribution in [2.75, 3.05) is 5.32 Å². The van der Waals surface area contributed by atoms with Crippen molar-refractivity contribution in [1.29, 1.82) is 0 Å². The molecule has 0 aliphatic heterocycles. The summed E-state index contributed by atoms with van der Waals surface area (Å²) < 4.78 is 39.0. The van der Waals surface area contributed by atoms with E-state index in [0.29, 0.717) is 28.9 Å². The van der Waals surface area contributed by atoms with E-state index in [9.17, 15) is 23.1 Å². The molecule has 0 spiro atoms. The molecule has 110 valence electrons. The fraction of sp³-hybridized carbons (Fsp3) is 0.133. The van der Waals surface area contributed by atoms with Gasteiger partial charge in [0.15, 0.2) is 17.5 Å². The van der Waals surface area contributed by atoms with Crippen molar-refractivity contribution < 1.29 is 23.1 Å². The number of phenols is 1. The minimum atomic E-state index is -1.63. The lowest BCUT2D eigenvalue weighted by Gasteiger charge is -2.11. The molecule has 0 unspecified atom stereocenters. The Labute approximate surface area is 119 Å². The second kappa shape index (κ2) is 5.47. The molecular formula is C15H12F3NO2. The summed E-state index contributed by atoms with van der Waals surface area (Å²) in [7, 11) is 0. The van der Waals surface area contributed by atoms with Crippen LogP contribution in [0.25, 0.3) is 0 Å². The first-order valence-electron chi connectivity index (χ1n) is 6.06. The van der Waals surface area contributed by atoms with Crippen LogP contribution in [0.3, 0.4) is 0 Å². The fourth-order valence-electron chi connectivity index (χ4n) is 1.85. The number of halogens is 3. The van der Waals surface area contributed by atoms with Crippen molar-refractivity contribution in [1.82, 2.24) is 0 Å². The summed E-state index contributed by atoms with van der Waals surface area (Å²) in [6.45, 7) is 3.28. The van der Waals surface area contributed by atoms with Crippen LogP contribution in [0.5, 0.6) is 5.75 Å². The number of carbonyl (C=O) groups excluding carboxylic acids is 1. The van der Waals surface area contributed by atoms with Gasteiger partial charge in [0.25, 0.3) is 5.91 Å². The van der Waals surface area contributed by atoms with Crippen molar-refractivity contribution in [2.24, 2.45) is 0 Å². The lowest BCUT2D eigenvalue weighted by atomic mass is 10.1. The third-order valence-electron chi connectivity index (χ3n) is 3.13. The largest absolute Gasteiger partial charge is 0.507 e. The van der Waals surface area contributed by atoms with Gasteiger partial charge in [0.05, 0.1) is 0 Å². The molecule has 0 aromatic heterocycles. The third-order valence-corrected chi connectivity index (χ3v) is 3.13. The zero-order chi connectivity index (χ0) is 15.7. The summed E-state index contributed by atoms with van der Waals surface area (Å²) in [6.07, 6.45) is 0. The number of aryl methyl sites for hydroxylation is 1. The predicted octanol–water partition coefficient (Wildman–Crippen LogP) is 3.68. The van der Waals surface area contributed by atoms with E-state index < -0.39 is 23.4 Å². The minimum Gasteiger partial charge on any atom is -0.507 e. The Morgan fingerprint density at radius 2 is 1.67 bits per heavy atom. The number of rotatable bonds is 2. The monoisotopic (exact) mass is 295 g/mol. The quantitative estimate of drug-likeness (QED) is 0.830. The number of aromatic hydroxyl groups is 1. The number of benzene rings is 2. The van der Waals surface area contributed by atoms with Gasteiger partial charge in [-0.3, -0.25) is 4.79 Å². The Kier molecular flexibility index (Phi) is 3.88. The molecule has 0 heterocycles. The Morgan fingerprint density at radius 1 is 1.10 bits per heavy atom. The van der Waals surface area contributed by atoms with Gasteiger partial charge >= 0.3 is 0 Å². The summed E-state index contributed by atoms with van der Waals surface area (Å²) in [4.78, 5) is 11.9. The molecule has 0 atom stereocenters. The van der Waals surface area contributed by atoms with Gasteiger partial charge in [0.2, 0.25) is 0 Å². The smallest absolute Gasteiger partial charge is 0.255 e. The summed E-state index contributed by atoms with van der Waals surface area (Å²) in [5.41, 5.74) is 0.995. The molecule has 3 nitrogen and oxygen atoms in total. The number of carbonyl (C=O) groups is 1. The molecule has 0 fully saturated rings. The highest BCUT2D eigenvalue weighted by Crippen LogP contribution is 2.28.